The fraction of sp³-hybridized carbons (Fsp3) is 0.385. The summed E-state index contributed by atoms with van der Waals surface area (Å²) >= 11 is 0. The molecule has 35 heavy (non-hydrogen) atoms. The molecule has 1 aliphatic carbocycles. The van der Waals surface area contributed by atoms with Crippen molar-refractivity contribution in [2.75, 3.05) is 11.9 Å². The molecule has 184 valence electrons. The first-order chi connectivity index (χ1) is 17.0. The second-order valence-electron chi connectivity index (χ2n) is 8.70. The number of hydrogen-bond acceptors (Lipinski definition) is 7. The molecule has 9 nitrogen and oxygen atoms in total. The zero-order chi connectivity index (χ0) is 24.6. The van der Waals surface area contributed by atoms with Gasteiger partial charge in [0.1, 0.15) is 29.3 Å². The molecular formula is C26H29N3O6. The molecule has 3 aromatic rings. The number of fused-ring (bicyclic) bond motifs is 1. The molecule has 1 saturated carbocycles. The van der Waals surface area contributed by atoms with Crippen LogP contribution in [0.2, 0.25) is 0 Å². The van der Waals surface area contributed by atoms with Gasteiger partial charge in [-0.1, -0.05) is 12.1 Å². The van der Waals surface area contributed by atoms with E-state index in [9.17, 15) is 19.5 Å². The van der Waals surface area contributed by atoms with Gasteiger partial charge in [-0.15, -0.1) is 0 Å². The third-order valence-electron chi connectivity index (χ3n) is 6.02. The maximum Gasteiger partial charge on any atom is 0.408 e. The van der Waals surface area contributed by atoms with Gasteiger partial charge in [0.15, 0.2) is 5.43 Å². The van der Waals surface area contributed by atoms with Crippen molar-refractivity contribution in [1.82, 2.24) is 10.3 Å². The van der Waals surface area contributed by atoms with Gasteiger partial charge in [0.25, 0.3) is 0 Å². The van der Waals surface area contributed by atoms with Crippen LogP contribution in [-0.4, -0.2) is 40.8 Å². The molecule has 1 aliphatic rings. The summed E-state index contributed by atoms with van der Waals surface area (Å²) < 4.78 is 11.2. The van der Waals surface area contributed by atoms with Gasteiger partial charge in [0.2, 0.25) is 0 Å². The molecule has 0 radical (unpaired) electrons. The van der Waals surface area contributed by atoms with Crippen LogP contribution in [0.1, 0.15) is 43.4 Å². The van der Waals surface area contributed by atoms with Crippen LogP contribution in [0.5, 0.6) is 0 Å². The number of aryl methyl sites for hydroxylation is 1. The quantitative estimate of drug-likeness (QED) is 0.373. The van der Waals surface area contributed by atoms with Gasteiger partial charge in [-0.25, -0.2) is 14.6 Å². The summed E-state index contributed by atoms with van der Waals surface area (Å²) in [6.07, 6.45) is 5.80. The van der Waals surface area contributed by atoms with E-state index in [1.165, 1.54) is 6.07 Å². The summed E-state index contributed by atoms with van der Waals surface area (Å²) in [5, 5.41) is 15.6. The minimum absolute atomic E-state index is 0.0193. The molecule has 1 fully saturated rings. The molecule has 2 heterocycles. The van der Waals surface area contributed by atoms with E-state index in [-0.39, 0.29) is 18.0 Å². The first-order valence-corrected chi connectivity index (χ1v) is 11.9. The maximum atomic E-state index is 12.7. The molecule has 1 aromatic carbocycles. The highest BCUT2D eigenvalue weighted by atomic mass is 16.6. The smallest absolute Gasteiger partial charge is 0.408 e. The van der Waals surface area contributed by atoms with E-state index in [0.717, 1.165) is 37.9 Å². The fourth-order valence-corrected chi connectivity index (χ4v) is 4.22. The highest BCUT2D eigenvalue weighted by Gasteiger charge is 2.25. The zero-order valence-electron chi connectivity index (χ0n) is 19.4. The number of amides is 1. The Bertz CT molecular complexity index is 1220. The minimum atomic E-state index is -1.17. The van der Waals surface area contributed by atoms with Gasteiger partial charge in [-0.3, -0.25) is 4.79 Å². The van der Waals surface area contributed by atoms with Crippen molar-refractivity contribution in [2.24, 2.45) is 0 Å². The number of pyridine rings is 1. The summed E-state index contributed by atoms with van der Waals surface area (Å²) in [6.45, 7) is 0.685. The monoisotopic (exact) mass is 479 g/mol. The number of benzene rings is 1. The number of hydrogen-bond donors (Lipinski definition) is 3. The highest BCUT2D eigenvalue weighted by Crippen LogP contribution is 2.21. The van der Waals surface area contributed by atoms with E-state index < -0.39 is 18.1 Å². The topological polar surface area (TPSA) is 131 Å². The van der Waals surface area contributed by atoms with Gasteiger partial charge in [-0.05, 0) is 61.9 Å². The average molecular weight is 480 g/mol. The lowest BCUT2D eigenvalue weighted by molar-refractivity contribution is -0.139. The molecule has 9 heteroatoms. The molecule has 1 atom stereocenters. The highest BCUT2D eigenvalue weighted by molar-refractivity contribution is 5.81. The lowest BCUT2D eigenvalue weighted by atomic mass is 10.0. The number of carbonyl (C=O) groups excluding carboxylic acids is 1. The summed E-state index contributed by atoms with van der Waals surface area (Å²) in [6, 6.07) is 10.9. The Morgan fingerprint density at radius 1 is 1.17 bits per heavy atom. The van der Waals surface area contributed by atoms with Crippen molar-refractivity contribution < 1.29 is 23.8 Å². The molecule has 3 N–H and O–H groups in total. The summed E-state index contributed by atoms with van der Waals surface area (Å²) in [4.78, 5) is 40.7. The van der Waals surface area contributed by atoms with E-state index in [1.54, 1.807) is 24.4 Å². The van der Waals surface area contributed by atoms with Crippen molar-refractivity contribution in [2.45, 2.75) is 57.1 Å². The second-order valence-corrected chi connectivity index (χ2v) is 8.70. The van der Waals surface area contributed by atoms with E-state index in [4.69, 9.17) is 9.15 Å². The van der Waals surface area contributed by atoms with Crippen LogP contribution in [0, 0.1) is 0 Å². The molecule has 0 aliphatic heterocycles. The number of carboxylic acids is 1. The lowest BCUT2D eigenvalue weighted by Crippen LogP contribution is -2.43. The fourth-order valence-electron chi connectivity index (χ4n) is 4.22. The number of aromatic nitrogens is 1. The molecule has 0 unspecified atom stereocenters. The van der Waals surface area contributed by atoms with Crippen LogP contribution in [0.4, 0.5) is 10.6 Å². The van der Waals surface area contributed by atoms with Gasteiger partial charge < -0.3 is 24.9 Å². The Labute approximate surface area is 202 Å². The van der Waals surface area contributed by atoms with Gasteiger partial charge in [0, 0.05) is 31.6 Å². The number of carboxylic acid groups (broad SMARTS) is 1. The SMILES string of the molecule is O=C(N[C@@H](Cc1ccc2oc(CCCNc3ccccn3)cc(=O)c2c1)C(=O)O)OC1CCCC1. The first kappa shape index (κ1) is 24.3. The summed E-state index contributed by atoms with van der Waals surface area (Å²) in [5.74, 6) is 0.203. The Balaban J connectivity index is 1.37. The number of nitrogens with one attached hydrogen (secondary N) is 2. The van der Waals surface area contributed by atoms with Crippen LogP contribution in [0.3, 0.4) is 0 Å². The Morgan fingerprint density at radius 2 is 2.00 bits per heavy atom. The number of rotatable bonds is 10. The molecule has 1 amide bonds. The largest absolute Gasteiger partial charge is 0.480 e. The van der Waals surface area contributed by atoms with Crippen LogP contribution in [0.15, 0.2) is 57.9 Å². The van der Waals surface area contributed by atoms with Crippen molar-refractivity contribution in [3.8, 4) is 0 Å². The first-order valence-electron chi connectivity index (χ1n) is 11.9. The number of anilines is 1. The number of nitrogens with zero attached hydrogens (tertiary/aromatic N) is 1. The number of carbonyl (C=O) groups is 2. The van der Waals surface area contributed by atoms with E-state index in [1.807, 2.05) is 18.2 Å². The van der Waals surface area contributed by atoms with Crippen molar-refractivity contribution in [3.05, 3.63) is 70.2 Å². The molecule has 0 spiro atoms. The Kier molecular flexibility index (Phi) is 7.97. The molecule has 0 saturated heterocycles. The van der Waals surface area contributed by atoms with Crippen LogP contribution >= 0.6 is 0 Å². The molecule has 2 aromatic heterocycles. The molecule has 4 rings (SSSR count). The third-order valence-corrected chi connectivity index (χ3v) is 6.02. The maximum absolute atomic E-state index is 12.7. The predicted molar refractivity (Wildman–Crippen MR) is 131 cm³/mol. The average Bonchev–Trinajstić information content (AvgIpc) is 3.35. The normalized spacial score (nSPS) is 14.5. The van der Waals surface area contributed by atoms with Gasteiger partial charge in [0.05, 0.1) is 5.39 Å². The predicted octanol–water partition coefficient (Wildman–Crippen LogP) is 3.90. The molecule has 0 bridgehead atoms. The Hall–Kier alpha value is -3.88. The second kappa shape index (κ2) is 11.5. The minimum Gasteiger partial charge on any atom is -0.480 e. The van der Waals surface area contributed by atoms with Crippen molar-refractivity contribution in [1.29, 1.82) is 0 Å². The van der Waals surface area contributed by atoms with Gasteiger partial charge >= 0.3 is 12.1 Å². The van der Waals surface area contributed by atoms with Crippen molar-refractivity contribution >= 4 is 28.8 Å². The van der Waals surface area contributed by atoms with E-state index >= 15 is 0 Å². The summed E-state index contributed by atoms with van der Waals surface area (Å²) in [5.41, 5.74) is 0.848. The lowest BCUT2D eigenvalue weighted by Gasteiger charge is -2.17. The van der Waals surface area contributed by atoms with E-state index in [0.29, 0.717) is 35.3 Å². The zero-order valence-corrected chi connectivity index (χ0v) is 19.4. The van der Waals surface area contributed by atoms with Crippen molar-refractivity contribution in [3.63, 3.8) is 0 Å². The standard InChI is InChI=1S/C26H29N3O6/c30-22-16-19(8-5-13-28-24-9-3-4-12-27-24)34-23-11-10-17(14-20(22)23)15-21(25(31)32)29-26(33)35-18-6-1-2-7-18/h3-4,9-12,14,16,18,21H,1-2,5-8,13,15H2,(H,27,28)(H,29,33)(H,31,32)/t21-/m0/s1. The Morgan fingerprint density at radius 3 is 2.74 bits per heavy atom. The number of alkyl carbamates (subject to hydrolysis) is 1. The van der Waals surface area contributed by atoms with Crippen LogP contribution in [-0.2, 0) is 22.4 Å². The van der Waals surface area contributed by atoms with Crippen LogP contribution in [0.25, 0.3) is 11.0 Å². The van der Waals surface area contributed by atoms with E-state index in [2.05, 4.69) is 15.6 Å². The third kappa shape index (κ3) is 6.81. The molecular weight excluding hydrogens is 450 g/mol. The van der Waals surface area contributed by atoms with Gasteiger partial charge in [-0.2, -0.15) is 0 Å². The number of aliphatic carboxylic acids is 1. The number of ether oxygens (including phenoxy) is 1. The summed E-state index contributed by atoms with van der Waals surface area (Å²) in [7, 11) is 0. The van der Waals surface area contributed by atoms with Crippen LogP contribution < -0.4 is 16.1 Å².